The van der Waals surface area contributed by atoms with E-state index in [1.54, 1.807) is 0 Å². The van der Waals surface area contributed by atoms with E-state index in [-0.39, 0.29) is 0 Å². The summed E-state index contributed by atoms with van der Waals surface area (Å²) in [6.45, 7) is 6.03. The van der Waals surface area contributed by atoms with Gasteiger partial charge in [-0.15, -0.1) is 0 Å². The van der Waals surface area contributed by atoms with Gasteiger partial charge in [0.1, 0.15) is 0 Å². The molecule has 0 unspecified atom stereocenters. The number of unbranched alkanes of at least 4 members (excludes halogenated alkanes) is 16. The second-order valence-corrected chi connectivity index (χ2v) is 15.8. The van der Waals surface area contributed by atoms with Crippen LogP contribution in [0.4, 0.5) is 4.20 Å². The van der Waals surface area contributed by atoms with Gasteiger partial charge in [0.15, 0.2) is 0 Å². The maximum absolute atomic E-state index is 16.7. The topological polar surface area (TPSA) is 0 Å². The van der Waals surface area contributed by atoms with Crippen LogP contribution in [0.25, 0.3) is 0 Å². The summed E-state index contributed by atoms with van der Waals surface area (Å²) in [4.78, 5) is 0. The molecule has 0 atom stereocenters. The van der Waals surface area contributed by atoms with Crippen LogP contribution in [0.1, 0.15) is 156 Å². The predicted molar refractivity (Wildman–Crippen MR) is 143 cm³/mol. The average Bonchev–Trinajstić information content (AvgIpc) is 2.76. The first-order valence-corrected chi connectivity index (χ1v) is 17.1. The van der Waals surface area contributed by atoms with E-state index in [1.807, 2.05) is 0 Å². The number of hydrogen-bond donors (Lipinski definition) is 0. The van der Waals surface area contributed by atoms with Crippen molar-refractivity contribution in [2.24, 2.45) is 0 Å². The van der Waals surface area contributed by atoms with Crippen LogP contribution in [0.5, 0.6) is 0 Å². The Bertz CT molecular complexity index is 330. The Balaban J connectivity index is 3.99. The average molecular weight is 447 g/mol. The fourth-order valence-corrected chi connectivity index (χ4v) is 10.7. The van der Waals surface area contributed by atoms with Crippen LogP contribution in [0.15, 0.2) is 0 Å². The molecule has 0 N–H and O–H groups in total. The van der Waals surface area contributed by atoms with Gasteiger partial charge >= 0.3 is 166 Å². The van der Waals surface area contributed by atoms with Gasteiger partial charge in [0.2, 0.25) is 0 Å². The van der Waals surface area contributed by atoms with Gasteiger partial charge in [-0.1, -0.05) is 26.2 Å². The molecule has 0 aliphatic heterocycles. The minimum absolute atomic E-state index is 0.931. The third-order valence-electron chi connectivity index (χ3n) is 7.28. The second kappa shape index (κ2) is 20.0. The molecule has 0 rings (SSSR count). The van der Waals surface area contributed by atoms with Crippen molar-refractivity contribution in [2.45, 2.75) is 156 Å². The van der Waals surface area contributed by atoms with E-state index in [2.05, 4.69) is 27.7 Å². The van der Waals surface area contributed by atoms with E-state index in [4.69, 9.17) is 0 Å². The van der Waals surface area contributed by atoms with E-state index in [9.17, 15) is 0 Å². The van der Waals surface area contributed by atoms with Crippen molar-refractivity contribution >= 4 is 6.91 Å². The molecule has 0 aromatic rings. The second-order valence-electron chi connectivity index (χ2n) is 10.4. The molecule has 0 aliphatic carbocycles. The summed E-state index contributed by atoms with van der Waals surface area (Å²) in [6, 6.07) is 0. The molecule has 0 bridgehead atoms. The molecule has 0 nitrogen and oxygen atoms in total. The van der Waals surface area contributed by atoms with Crippen molar-refractivity contribution in [2.75, 3.05) is 24.6 Å². The van der Waals surface area contributed by atoms with Crippen LogP contribution >= 0.6 is 6.91 Å². The molecule has 0 saturated heterocycles. The van der Waals surface area contributed by atoms with Crippen LogP contribution in [-0.4, -0.2) is 24.6 Å². The van der Waals surface area contributed by atoms with Gasteiger partial charge in [-0.3, -0.25) is 0 Å². The van der Waals surface area contributed by atoms with E-state index in [1.165, 1.54) is 83.5 Å². The van der Waals surface area contributed by atoms with Crippen molar-refractivity contribution in [1.82, 2.24) is 0 Å². The van der Waals surface area contributed by atoms with Gasteiger partial charge in [-0.25, -0.2) is 0 Å². The van der Waals surface area contributed by atoms with Crippen LogP contribution in [0, 0.1) is 0 Å². The van der Waals surface area contributed by atoms with Crippen molar-refractivity contribution in [1.29, 1.82) is 0 Å². The maximum atomic E-state index is 16.7. The Kier molecular flexibility index (Phi) is 20.2. The van der Waals surface area contributed by atoms with E-state index < -0.39 is 6.91 Å². The first-order valence-electron chi connectivity index (χ1n) is 14.3. The summed E-state index contributed by atoms with van der Waals surface area (Å²) in [5.41, 5.74) is 0. The third kappa shape index (κ3) is 16.1. The molecule has 0 amide bonds. The van der Waals surface area contributed by atoms with Crippen LogP contribution < -0.4 is 0 Å². The van der Waals surface area contributed by atoms with Gasteiger partial charge in [-0.05, 0) is 0 Å². The summed E-state index contributed by atoms with van der Waals surface area (Å²) in [7, 11) is 0. The standard InChI is InChI=1S/C28H60FP/c1-5-9-13-14-15-16-17-18-19-20-21-22-23-24-28-30(29,25-10-6-2,26-11-7-3)27-12-8-4/h5-28H2,1-4H3. The fraction of sp³-hybridized carbons (Fsp3) is 1.00. The molecule has 0 radical (unpaired) electrons. The van der Waals surface area contributed by atoms with Gasteiger partial charge in [0.25, 0.3) is 0 Å². The van der Waals surface area contributed by atoms with Crippen LogP contribution in [0.3, 0.4) is 0 Å². The molecule has 0 heterocycles. The molecule has 0 aromatic carbocycles. The molecule has 0 aromatic heterocycles. The van der Waals surface area contributed by atoms with Crippen molar-refractivity contribution in [3.8, 4) is 0 Å². The molecule has 30 heavy (non-hydrogen) atoms. The molecule has 0 aliphatic rings. The molecule has 0 spiro atoms. The van der Waals surface area contributed by atoms with Crippen molar-refractivity contribution < 1.29 is 4.20 Å². The Labute approximate surface area is 192 Å². The zero-order valence-electron chi connectivity index (χ0n) is 21.8. The summed E-state index contributed by atoms with van der Waals surface area (Å²) in [5.74, 6) is 0. The Morgan fingerprint density at radius 3 is 0.867 bits per heavy atom. The van der Waals surface area contributed by atoms with Crippen molar-refractivity contribution in [3.63, 3.8) is 0 Å². The fourth-order valence-electron chi connectivity index (χ4n) is 5.03. The van der Waals surface area contributed by atoms with E-state index in [0.29, 0.717) is 0 Å². The molecule has 0 saturated carbocycles. The van der Waals surface area contributed by atoms with Gasteiger partial charge in [-0.2, -0.15) is 0 Å². The van der Waals surface area contributed by atoms with Crippen molar-refractivity contribution in [3.05, 3.63) is 0 Å². The summed E-state index contributed by atoms with van der Waals surface area (Å²) >= 11 is 0. The predicted octanol–water partition coefficient (Wildman–Crippen LogP) is 11.3. The molecular formula is C28H60FP. The first kappa shape index (κ1) is 30.4. The first-order chi connectivity index (χ1) is 14.5. The molecule has 2 heteroatoms. The molecular weight excluding hydrogens is 386 g/mol. The zero-order valence-corrected chi connectivity index (χ0v) is 22.7. The number of halogens is 1. The van der Waals surface area contributed by atoms with E-state index >= 15 is 4.20 Å². The third-order valence-corrected chi connectivity index (χ3v) is 13.0. The normalized spacial score (nSPS) is 13.4. The van der Waals surface area contributed by atoms with Crippen LogP contribution in [0.2, 0.25) is 0 Å². The SMILES string of the molecule is CCCCCCCCCCCCCCCCP(F)(CCCC)(CCCC)CCCC. The van der Waals surface area contributed by atoms with Gasteiger partial charge < -0.3 is 0 Å². The van der Waals surface area contributed by atoms with E-state index in [0.717, 1.165) is 69.6 Å². The Hall–Kier alpha value is 0.360. The molecule has 0 fully saturated rings. The zero-order chi connectivity index (χ0) is 22.4. The summed E-state index contributed by atoms with van der Waals surface area (Å²) in [6.07, 6.45) is 29.9. The Morgan fingerprint density at radius 2 is 0.567 bits per heavy atom. The number of hydrogen-bond acceptors (Lipinski definition) is 0. The summed E-state index contributed by atoms with van der Waals surface area (Å²) in [5, 5.41) is 0. The quantitative estimate of drug-likeness (QED) is 0.102. The van der Waals surface area contributed by atoms with Gasteiger partial charge in [0, 0.05) is 0 Å². The summed E-state index contributed by atoms with van der Waals surface area (Å²) < 4.78 is 16.7. The minimum atomic E-state index is -2.95. The number of rotatable bonds is 24. The molecule has 184 valence electrons. The monoisotopic (exact) mass is 446 g/mol. The van der Waals surface area contributed by atoms with Gasteiger partial charge in [0.05, 0.1) is 0 Å². The Morgan fingerprint density at radius 1 is 0.333 bits per heavy atom. The van der Waals surface area contributed by atoms with Crippen LogP contribution in [-0.2, 0) is 0 Å².